The van der Waals surface area contributed by atoms with Crippen molar-refractivity contribution in [2.75, 3.05) is 13.1 Å². The summed E-state index contributed by atoms with van der Waals surface area (Å²) in [6.45, 7) is 1.97. The number of halogens is 1. The molecule has 1 atom stereocenters. The number of nitrogens with one attached hydrogen (secondary N) is 1. The van der Waals surface area contributed by atoms with Crippen molar-refractivity contribution in [1.29, 1.82) is 0 Å². The van der Waals surface area contributed by atoms with Gasteiger partial charge in [-0.05, 0) is 41.4 Å². The quantitative estimate of drug-likeness (QED) is 0.865. The molecule has 0 radical (unpaired) electrons. The van der Waals surface area contributed by atoms with Gasteiger partial charge < -0.3 is 11.1 Å². The first-order valence-corrected chi connectivity index (χ1v) is 7.01. The zero-order valence-electron chi connectivity index (χ0n) is 10.3. The Morgan fingerprint density at radius 3 is 3.11 bits per heavy atom. The molecule has 1 aliphatic heterocycles. The van der Waals surface area contributed by atoms with Gasteiger partial charge in [-0.3, -0.25) is 4.79 Å². The smallest absolute Gasteiger partial charge is 0.270 e. The minimum atomic E-state index is -0.551. The Labute approximate surface area is 118 Å². The van der Waals surface area contributed by atoms with Crippen LogP contribution in [0.1, 0.15) is 34.9 Å². The van der Waals surface area contributed by atoms with Crippen molar-refractivity contribution in [3.8, 4) is 0 Å². The van der Waals surface area contributed by atoms with Crippen LogP contribution in [0.2, 0.25) is 0 Å². The zero-order chi connectivity index (χ0) is 13.4. The number of nitrogens with two attached hydrogens (primary N) is 1. The van der Waals surface area contributed by atoms with E-state index in [1.807, 2.05) is 6.07 Å². The molecule has 3 N–H and O–H groups in total. The Balaban J connectivity index is 2.14. The number of amides is 1. The minimum Gasteiger partial charge on any atom is -0.364 e. The van der Waals surface area contributed by atoms with Gasteiger partial charge in [0.25, 0.3) is 5.91 Å². The van der Waals surface area contributed by atoms with Gasteiger partial charge in [0.05, 0.1) is 10.2 Å². The summed E-state index contributed by atoms with van der Waals surface area (Å²) in [5, 5.41) is 7.67. The Kier molecular flexibility index (Phi) is 3.24. The third-order valence-corrected chi connectivity index (χ3v) is 4.17. The Bertz CT molecular complexity index is 632. The molecular weight excluding hydrogens is 310 g/mol. The number of carbonyl (C=O) groups excluding carboxylic acids is 1. The predicted octanol–water partition coefficient (Wildman–Crippen LogP) is 1.06. The van der Waals surface area contributed by atoms with Crippen LogP contribution in [0.4, 0.5) is 0 Å². The second kappa shape index (κ2) is 4.90. The van der Waals surface area contributed by atoms with E-state index in [9.17, 15) is 4.79 Å². The Hall–Kier alpha value is -1.47. The van der Waals surface area contributed by atoms with E-state index in [4.69, 9.17) is 5.73 Å². The topological polar surface area (TPSA) is 85.3 Å². The lowest BCUT2D eigenvalue weighted by Gasteiger charge is -2.23. The first-order valence-electron chi connectivity index (χ1n) is 6.22. The fraction of sp³-hybridized carbons (Fsp3) is 0.417. The lowest BCUT2D eigenvalue weighted by molar-refractivity contribution is 0.0994. The molecule has 0 aromatic carbocycles. The minimum absolute atomic E-state index is 0.226. The summed E-state index contributed by atoms with van der Waals surface area (Å²) in [5.41, 5.74) is 7.24. The highest BCUT2D eigenvalue weighted by Crippen LogP contribution is 2.27. The molecular formula is C12H14BrN5O. The summed E-state index contributed by atoms with van der Waals surface area (Å²) in [6.07, 6.45) is 3.99. The van der Waals surface area contributed by atoms with E-state index in [1.165, 1.54) is 0 Å². The van der Waals surface area contributed by atoms with Gasteiger partial charge in [-0.25, -0.2) is 9.50 Å². The average molecular weight is 324 g/mol. The lowest BCUT2D eigenvalue weighted by atomic mass is 9.96. The number of carbonyl (C=O) groups is 1. The highest BCUT2D eigenvalue weighted by molar-refractivity contribution is 9.10. The van der Waals surface area contributed by atoms with Gasteiger partial charge in [-0.1, -0.05) is 0 Å². The lowest BCUT2D eigenvalue weighted by Crippen LogP contribution is -2.29. The summed E-state index contributed by atoms with van der Waals surface area (Å²) < 4.78 is 2.28. The molecule has 1 aliphatic rings. The van der Waals surface area contributed by atoms with Gasteiger partial charge in [-0.2, -0.15) is 5.10 Å². The second-order valence-corrected chi connectivity index (χ2v) is 5.47. The summed E-state index contributed by atoms with van der Waals surface area (Å²) in [5.74, 6) is -0.170. The summed E-state index contributed by atoms with van der Waals surface area (Å²) >= 11 is 3.35. The van der Waals surface area contributed by atoms with Crippen LogP contribution in [0.15, 0.2) is 16.7 Å². The van der Waals surface area contributed by atoms with E-state index >= 15 is 0 Å². The monoisotopic (exact) mass is 323 g/mol. The normalized spacial score (nSPS) is 19.7. The van der Waals surface area contributed by atoms with Crippen molar-refractivity contribution >= 4 is 27.5 Å². The van der Waals surface area contributed by atoms with Crippen LogP contribution in [0.3, 0.4) is 0 Å². The number of hydrogen-bond donors (Lipinski definition) is 2. The average Bonchev–Trinajstić information content (AvgIpc) is 2.78. The maximum atomic E-state index is 11.4. The molecule has 0 bridgehead atoms. The maximum absolute atomic E-state index is 11.4. The molecule has 100 valence electrons. The summed E-state index contributed by atoms with van der Waals surface area (Å²) in [6, 6.07) is 1.95. The van der Waals surface area contributed by atoms with Gasteiger partial charge >= 0.3 is 0 Å². The Morgan fingerprint density at radius 2 is 2.42 bits per heavy atom. The van der Waals surface area contributed by atoms with Crippen LogP contribution < -0.4 is 11.1 Å². The molecule has 1 saturated heterocycles. The molecule has 3 rings (SSSR count). The van der Waals surface area contributed by atoms with Gasteiger partial charge in [0.2, 0.25) is 0 Å². The third kappa shape index (κ3) is 2.12. The molecule has 7 heteroatoms. The highest BCUT2D eigenvalue weighted by Gasteiger charge is 2.22. The molecule has 1 amide bonds. The van der Waals surface area contributed by atoms with Crippen molar-refractivity contribution in [1.82, 2.24) is 19.9 Å². The van der Waals surface area contributed by atoms with Crippen LogP contribution in [0.5, 0.6) is 0 Å². The van der Waals surface area contributed by atoms with Crippen molar-refractivity contribution < 1.29 is 4.79 Å². The number of aromatic nitrogens is 3. The van der Waals surface area contributed by atoms with E-state index in [0.717, 1.165) is 31.6 Å². The summed E-state index contributed by atoms with van der Waals surface area (Å²) in [4.78, 5) is 15.6. The number of fused-ring (bicyclic) bond motifs is 1. The van der Waals surface area contributed by atoms with Crippen LogP contribution >= 0.6 is 15.9 Å². The molecule has 0 saturated carbocycles. The molecule has 2 aromatic heterocycles. The van der Waals surface area contributed by atoms with E-state index < -0.39 is 5.91 Å². The fourth-order valence-electron chi connectivity index (χ4n) is 2.51. The van der Waals surface area contributed by atoms with E-state index in [0.29, 0.717) is 16.0 Å². The molecule has 3 heterocycles. The first kappa shape index (κ1) is 12.6. The highest BCUT2D eigenvalue weighted by atomic mass is 79.9. The molecule has 0 spiro atoms. The van der Waals surface area contributed by atoms with Gasteiger partial charge in [0.1, 0.15) is 0 Å². The largest absolute Gasteiger partial charge is 0.364 e. The van der Waals surface area contributed by atoms with Crippen molar-refractivity contribution in [2.24, 2.45) is 5.73 Å². The third-order valence-electron chi connectivity index (χ3n) is 3.44. The molecule has 1 fully saturated rings. The second-order valence-electron chi connectivity index (χ2n) is 4.68. The number of piperidine rings is 1. The predicted molar refractivity (Wildman–Crippen MR) is 74.0 cm³/mol. The van der Waals surface area contributed by atoms with E-state index in [-0.39, 0.29) is 5.69 Å². The standard InChI is InChI=1S/C12H14BrN5O/c13-9-10(11(14)19)17-18-8(3-5-16-12(9)18)7-2-1-4-15-6-7/h3,5,7,15H,1-2,4,6H2,(H2,14,19). The number of nitrogens with zero attached hydrogens (tertiary/aromatic N) is 3. The summed E-state index contributed by atoms with van der Waals surface area (Å²) in [7, 11) is 0. The van der Waals surface area contributed by atoms with Crippen molar-refractivity contribution in [3.63, 3.8) is 0 Å². The van der Waals surface area contributed by atoms with Crippen molar-refractivity contribution in [3.05, 3.63) is 28.1 Å². The maximum Gasteiger partial charge on any atom is 0.270 e. The van der Waals surface area contributed by atoms with Gasteiger partial charge in [-0.15, -0.1) is 0 Å². The molecule has 2 aromatic rings. The first-order chi connectivity index (χ1) is 9.18. The van der Waals surface area contributed by atoms with Crippen LogP contribution in [-0.4, -0.2) is 33.6 Å². The fourth-order valence-corrected chi connectivity index (χ4v) is 3.05. The SMILES string of the molecule is NC(=O)c1nn2c(C3CCCNC3)ccnc2c1Br. The van der Waals surface area contributed by atoms with Crippen molar-refractivity contribution in [2.45, 2.75) is 18.8 Å². The molecule has 19 heavy (non-hydrogen) atoms. The van der Waals surface area contributed by atoms with Crippen LogP contribution in [0.25, 0.3) is 5.65 Å². The van der Waals surface area contributed by atoms with Gasteiger partial charge in [0, 0.05) is 18.7 Å². The number of rotatable bonds is 2. The van der Waals surface area contributed by atoms with Crippen LogP contribution in [-0.2, 0) is 0 Å². The Morgan fingerprint density at radius 1 is 1.58 bits per heavy atom. The molecule has 6 nitrogen and oxygen atoms in total. The zero-order valence-corrected chi connectivity index (χ0v) is 11.9. The van der Waals surface area contributed by atoms with E-state index in [1.54, 1.807) is 10.7 Å². The molecule has 0 aliphatic carbocycles. The van der Waals surface area contributed by atoms with E-state index in [2.05, 4.69) is 31.3 Å². The van der Waals surface area contributed by atoms with Gasteiger partial charge in [0.15, 0.2) is 11.3 Å². The van der Waals surface area contributed by atoms with Crippen LogP contribution in [0, 0.1) is 0 Å². The molecule has 1 unspecified atom stereocenters. The number of primary amides is 1. The number of hydrogen-bond acceptors (Lipinski definition) is 4.